The van der Waals surface area contributed by atoms with E-state index in [-0.39, 0.29) is 16.9 Å². The van der Waals surface area contributed by atoms with Crippen LogP contribution in [0.2, 0.25) is 0 Å². The van der Waals surface area contributed by atoms with E-state index in [4.69, 9.17) is 20.0 Å². The molecule has 29 heavy (non-hydrogen) atoms. The number of esters is 1. The number of rotatable bonds is 5. The molecule has 0 spiro atoms. The molecular formula is C22H11N3O4. The maximum Gasteiger partial charge on any atom is 0.343 e. The molecule has 0 heterocycles. The van der Waals surface area contributed by atoms with E-state index in [1.54, 1.807) is 55.0 Å². The van der Waals surface area contributed by atoms with Crippen LogP contribution in [-0.2, 0) is 0 Å². The van der Waals surface area contributed by atoms with Gasteiger partial charge < -0.3 is 14.2 Å². The third kappa shape index (κ3) is 4.49. The van der Waals surface area contributed by atoms with Crippen molar-refractivity contribution in [2.75, 3.05) is 0 Å². The first-order valence-electron chi connectivity index (χ1n) is 8.23. The summed E-state index contributed by atoms with van der Waals surface area (Å²) in [6.07, 6.45) is 3.14. The molecule has 7 nitrogen and oxygen atoms in total. The largest absolute Gasteiger partial charge is 0.422 e. The van der Waals surface area contributed by atoms with Crippen molar-refractivity contribution in [3.8, 4) is 47.0 Å². The van der Waals surface area contributed by atoms with E-state index < -0.39 is 5.97 Å². The Hall–Kier alpha value is -4.80. The van der Waals surface area contributed by atoms with Crippen LogP contribution in [0, 0.1) is 34.4 Å². The van der Waals surface area contributed by atoms with E-state index in [1.807, 2.05) is 6.07 Å². The van der Waals surface area contributed by atoms with Crippen LogP contribution >= 0.6 is 0 Å². The molecule has 0 atom stereocenters. The monoisotopic (exact) mass is 381 g/mol. The van der Waals surface area contributed by atoms with Gasteiger partial charge in [-0.1, -0.05) is 18.2 Å². The van der Waals surface area contributed by atoms with Crippen LogP contribution in [0.1, 0.15) is 15.9 Å². The molecule has 0 amide bonds. The molecule has 7 heteroatoms. The SMILES string of the molecule is N#COc1ccc(C(=O)Oc2ccc(-c3ccc(OC#N)cc3)cc2C#N)cc1. The smallest absolute Gasteiger partial charge is 0.343 e. The van der Waals surface area contributed by atoms with Gasteiger partial charge in [0.25, 0.3) is 12.5 Å². The van der Waals surface area contributed by atoms with Gasteiger partial charge in [0.05, 0.1) is 11.1 Å². The molecule has 138 valence electrons. The zero-order chi connectivity index (χ0) is 20.6. The van der Waals surface area contributed by atoms with Gasteiger partial charge in [0, 0.05) is 0 Å². The molecule has 0 radical (unpaired) electrons. The zero-order valence-electron chi connectivity index (χ0n) is 14.8. The van der Waals surface area contributed by atoms with Crippen molar-refractivity contribution in [1.82, 2.24) is 0 Å². The summed E-state index contributed by atoms with van der Waals surface area (Å²) in [4.78, 5) is 12.3. The minimum absolute atomic E-state index is 0.128. The van der Waals surface area contributed by atoms with Crippen molar-refractivity contribution in [2.24, 2.45) is 0 Å². The Morgan fingerprint density at radius 2 is 1.28 bits per heavy atom. The number of carbonyl (C=O) groups is 1. The maximum atomic E-state index is 12.3. The second kappa shape index (κ2) is 8.73. The van der Waals surface area contributed by atoms with Crippen molar-refractivity contribution >= 4 is 5.97 Å². The van der Waals surface area contributed by atoms with Gasteiger partial charge in [-0.15, -0.1) is 10.5 Å². The average Bonchev–Trinajstić information content (AvgIpc) is 2.75. The highest BCUT2D eigenvalue weighted by atomic mass is 16.5. The van der Waals surface area contributed by atoms with Crippen LogP contribution in [0.5, 0.6) is 17.2 Å². The van der Waals surface area contributed by atoms with E-state index in [0.29, 0.717) is 11.5 Å². The molecule has 3 aromatic carbocycles. The lowest BCUT2D eigenvalue weighted by atomic mass is 10.0. The van der Waals surface area contributed by atoms with E-state index in [2.05, 4.69) is 4.74 Å². The minimum Gasteiger partial charge on any atom is -0.422 e. The Bertz CT molecular complexity index is 1170. The number of nitrogens with zero attached hydrogens (tertiary/aromatic N) is 3. The molecule has 0 saturated heterocycles. The molecule has 0 N–H and O–H groups in total. The van der Waals surface area contributed by atoms with Crippen LogP contribution in [0.25, 0.3) is 11.1 Å². The summed E-state index contributed by atoms with van der Waals surface area (Å²) in [7, 11) is 0. The molecule has 3 aromatic rings. The number of benzene rings is 3. The molecule has 0 bridgehead atoms. The molecule has 0 aliphatic rings. The van der Waals surface area contributed by atoms with Crippen LogP contribution in [0.3, 0.4) is 0 Å². The highest BCUT2D eigenvalue weighted by molar-refractivity contribution is 5.91. The normalized spacial score (nSPS) is 9.41. The maximum absolute atomic E-state index is 12.3. The van der Waals surface area contributed by atoms with Gasteiger partial charge in [-0.3, -0.25) is 0 Å². The first kappa shape index (κ1) is 19.0. The summed E-state index contributed by atoms with van der Waals surface area (Å²) >= 11 is 0. The average molecular weight is 381 g/mol. The number of carbonyl (C=O) groups excluding carboxylic acids is 1. The van der Waals surface area contributed by atoms with Gasteiger partial charge in [-0.25, -0.2) is 4.79 Å². The van der Waals surface area contributed by atoms with Gasteiger partial charge >= 0.3 is 5.97 Å². The second-order valence-electron chi connectivity index (χ2n) is 5.65. The fraction of sp³-hybridized carbons (Fsp3) is 0. The summed E-state index contributed by atoms with van der Waals surface area (Å²) in [5, 5.41) is 26.4. The van der Waals surface area contributed by atoms with Gasteiger partial charge in [0.2, 0.25) is 0 Å². The number of ether oxygens (including phenoxy) is 3. The Morgan fingerprint density at radius 3 is 1.83 bits per heavy atom. The van der Waals surface area contributed by atoms with Crippen molar-refractivity contribution in [1.29, 1.82) is 15.8 Å². The lowest BCUT2D eigenvalue weighted by Crippen LogP contribution is -2.09. The second-order valence-corrected chi connectivity index (χ2v) is 5.65. The van der Waals surface area contributed by atoms with Crippen molar-refractivity contribution in [3.05, 3.63) is 77.9 Å². The standard InChI is InChI=1S/C22H11N3O4/c23-12-18-11-17(15-1-6-19(7-2-15)27-13-24)5-10-21(18)29-22(26)16-3-8-20(9-4-16)28-14-25/h1-11H. The number of hydrogen-bond donors (Lipinski definition) is 0. The van der Waals surface area contributed by atoms with E-state index in [9.17, 15) is 10.1 Å². The predicted octanol–water partition coefficient (Wildman–Crippen LogP) is 4.16. The third-order valence-corrected chi connectivity index (χ3v) is 3.91. The number of hydrogen-bond acceptors (Lipinski definition) is 7. The van der Waals surface area contributed by atoms with Crippen LogP contribution in [-0.4, -0.2) is 5.97 Å². The predicted molar refractivity (Wildman–Crippen MR) is 100 cm³/mol. The van der Waals surface area contributed by atoms with Crippen molar-refractivity contribution in [3.63, 3.8) is 0 Å². The topological polar surface area (TPSA) is 116 Å². The van der Waals surface area contributed by atoms with E-state index >= 15 is 0 Å². The Balaban J connectivity index is 1.80. The Labute approximate surface area is 166 Å². The summed E-state index contributed by atoms with van der Waals surface area (Å²) < 4.78 is 14.7. The first-order chi connectivity index (χ1) is 14.1. The molecule has 0 fully saturated rings. The van der Waals surface area contributed by atoms with Gasteiger partial charge in [0.1, 0.15) is 23.3 Å². The number of nitriles is 3. The molecule has 0 aliphatic carbocycles. The zero-order valence-corrected chi connectivity index (χ0v) is 14.8. The van der Waals surface area contributed by atoms with Crippen LogP contribution in [0.4, 0.5) is 0 Å². The molecular weight excluding hydrogens is 370 g/mol. The van der Waals surface area contributed by atoms with E-state index in [1.165, 1.54) is 24.3 Å². The quantitative estimate of drug-likeness (QED) is 0.370. The van der Waals surface area contributed by atoms with Crippen LogP contribution in [0.15, 0.2) is 66.7 Å². The fourth-order valence-electron chi connectivity index (χ4n) is 2.52. The lowest BCUT2D eigenvalue weighted by molar-refractivity contribution is 0.0734. The molecule has 0 aliphatic heterocycles. The lowest BCUT2D eigenvalue weighted by Gasteiger charge is -2.09. The first-order valence-corrected chi connectivity index (χ1v) is 8.23. The third-order valence-electron chi connectivity index (χ3n) is 3.91. The minimum atomic E-state index is -0.643. The fourth-order valence-corrected chi connectivity index (χ4v) is 2.52. The summed E-state index contributed by atoms with van der Waals surface area (Å²) in [5.74, 6) is 0.199. The van der Waals surface area contributed by atoms with E-state index in [0.717, 1.165) is 11.1 Å². The molecule has 0 aromatic heterocycles. The Kier molecular flexibility index (Phi) is 5.71. The van der Waals surface area contributed by atoms with Crippen molar-refractivity contribution < 1.29 is 19.0 Å². The molecule has 3 rings (SSSR count). The van der Waals surface area contributed by atoms with Crippen LogP contribution < -0.4 is 14.2 Å². The molecule has 0 saturated carbocycles. The highest BCUT2D eigenvalue weighted by Gasteiger charge is 2.13. The van der Waals surface area contributed by atoms with Gasteiger partial charge in [-0.2, -0.15) is 5.26 Å². The molecule has 0 unspecified atom stereocenters. The van der Waals surface area contributed by atoms with Gasteiger partial charge in [0.15, 0.2) is 0 Å². The van der Waals surface area contributed by atoms with Gasteiger partial charge in [-0.05, 0) is 59.7 Å². The van der Waals surface area contributed by atoms with Crippen molar-refractivity contribution in [2.45, 2.75) is 0 Å². The Morgan fingerprint density at radius 1 is 0.724 bits per heavy atom. The summed E-state index contributed by atoms with van der Waals surface area (Å²) in [6.45, 7) is 0. The highest BCUT2D eigenvalue weighted by Crippen LogP contribution is 2.28. The summed E-state index contributed by atoms with van der Waals surface area (Å²) in [6, 6.07) is 19.5. The summed E-state index contributed by atoms with van der Waals surface area (Å²) in [5.41, 5.74) is 1.98.